The van der Waals surface area contributed by atoms with Crippen molar-refractivity contribution >= 4 is 17.5 Å². The van der Waals surface area contributed by atoms with E-state index in [2.05, 4.69) is 15.2 Å². The van der Waals surface area contributed by atoms with Crippen LogP contribution in [0, 0.1) is 0 Å². The number of amides is 2. The van der Waals surface area contributed by atoms with Gasteiger partial charge in [-0.2, -0.15) is 13.2 Å². The minimum Gasteiger partial charge on any atom is -0.496 e. The predicted octanol–water partition coefficient (Wildman–Crippen LogP) is 5.78. The summed E-state index contributed by atoms with van der Waals surface area (Å²) >= 11 is 0. The van der Waals surface area contributed by atoms with E-state index in [0.717, 1.165) is 24.6 Å². The summed E-state index contributed by atoms with van der Waals surface area (Å²) in [4.78, 5) is 20.6. The van der Waals surface area contributed by atoms with Crippen LogP contribution in [0.5, 0.6) is 11.5 Å². The maximum atomic E-state index is 13.5. The van der Waals surface area contributed by atoms with Crippen molar-refractivity contribution < 1.29 is 27.4 Å². The molecular formula is C27H29F3N4O3. The van der Waals surface area contributed by atoms with Crippen molar-refractivity contribution in [3.05, 3.63) is 77.5 Å². The number of anilines is 2. The van der Waals surface area contributed by atoms with Crippen LogP contribution in [0.25, 0.3) is 0 Å². The number of carbonyl (C=O) groups is 1. The highest BCUT2D eigenvalue weighted by molar-refractivity contribution is 6.02. The van der Waals surface area contributed by atoms with Gasteiger partial charge in [-0.3, -0.25) is 10.2 Å². The number of pyridine rings is 1. The molecule has 3 aromatic rings. The molecule has 0 bridgehead atoms. The molecule has 196 valence electrons. The molecule has 1 aliphatic heterocycles. The number of carbonyl (C=O) groups excluding carboxylic acids is 1. The summed E-state index contributed by atoms with van der Waals surface area (Å²) in [7, 11) is 5.19. The first-order valence-corrected chi connectivity index (χ1v) is 11.8. The Bertz CT molecular complexity index is 1220. The maximum Gasteiger partial charge on any atom is 0.420 e. The summed E-state index contributed by atoms with van der Waals surface area (Å²) in [5.41, 5.74) is 0.943. The number of methoxy groups -OCH3 is 1. The first-order chi connectivity index (χ1) is 17.7. The third kappa shape index (κ3) is 6.32. The molecule has 7 nitrogen and oxygen atoms in total. The number of benzene rings is 2. The van der Waals surface area contributed by atoms with Crippen LogP contribution in [0.2, 0.25) is 0 Å². The Kier molecular flexibility index (Phi) is 7.87. The highest BCUT2D eigenvalue weighted by Crippen LogP contribution is 2.42. The Hall–Kier alpha value is -3.79. The molecule has 1 atom stereocenters. The van der Waals surface area contributed by atoms with E-state index < -0.39 is 17.8 Å². The molecule has 0 saturated heterocycles. The molecule has 10 heteroatoms. The second-order valence-electron chi connectivity index (χ2n) is 9.00. The molecule has 1 aromatic heterocycles. The molecule has 2 aromatic carbocycles. The van der Waals surface area contributed by atoms with Crippen molar-refractivity contribution in [2.24, 2.45) is 0 Å². The molecule has 2 heterocycles. The fraction of sp³-hybridized carbons (Fsp3) is 0.333. The van der Waals surface area contributed by atoms with Gasteiger partial charge in [0, 0.05) is 25.2 Å². The average Bonchev–Trinajstić information content (AvgIpc) is 3.30. The first kappa shape index (κ1) is 26.3. The standard InChI is InChI=1S/C27H29F3N4O3/c1-33(2)13-12-23(18-7-5-4-6-8-18)37-20-9-10-25(31-17-20)32-26(35)34-14-11-19-15-24(36-3)21(16-22(19)34)27(28,29)30/h4-10,15-17,23H,11-14H2,1-3H3,(H,31,32,35). The van der Waals surface area contributed by atoms with E-state index >= 15 is 0 Å². The summed E-state index contributed by atoms with van der Waals surface area (Å²) in [5, 5.41) is 2.67. The van der Waals surface area contributed by atoms with Gasteiger partial charge in [0.25, 0.3) is 0 Å². The van der Waals surface area contributed by atoms with Gasteiger partial charge in [0.1, 0.15) is 23.4 Å². The molecule has 4 rings (SSSR count). The summed E-state index contributed by atoms with van der Waals surface area (Å²) in [6.07, 6.45) is -2.06. The monoisotopic (exact) mass is 514 g/mol. The van der Waals surface area contributed by atoms with Crippen LogP contribution in [0.15, 0.2) is 60.8 Å². The fourth-order valence-electron chi connectivity index (χ4n) is 4.22. The number of alkyl halides is 3. The fourth-order valence-corrected chi connectivity index (χ4v) is 4.22. The largest absolute Gasteiger partial charge is 0.496 e. The van der Waals surface area contributed by atoms with Crippen LogP contribution in [0.4, 0.5) is 29.5 Å². The van der Waals surface area contributed by atoms with Gasteiger partial charge in [-0.15, -0.1) is 0 Å². The van der Waals surface area contributed by atoms with Crippen molar-refractivity contribution in [1.82, 2.24) is 9.88 Å². The number of fused-ring (bicyclic) bond motifs is 1. The number of hydrogen-bond donors (Lipinski definition) is 1. The minimum atomic E-state index is -4.60. The second kappa shape index (κ2) is 11.1. The van der Waals surface area contributed by atoms with Gasteiger partial charge < -0.3 is 14.4 Å². The molecule has 1 N–H and O–H groups in total. The highest BCUT2D eigenvalue weighted by Gasteiger charge is 2.37. The van der Waals surface area contributed by atoms with Crippen LogP contribution in [0.3, 0.4) is 0 Å². The van der Waals surface area contributed by atoms with Gasteiger partial charge >= 0.3 is 12.2 Å². The SMILES string of the molecule is COc1cc2c(cc1C(F)(F)F)N(C(=O)Nc1ccc(OC(CCN(C)C)c3ccccc3)cn1)CC2. The zero-order valence-corrected chi connectivity index (χ0v) is 20.9. The maximum absolute atomic E-state index is 13.5. The third-order valence-corrected chi connectivity index (χ3v) is 6.11. The van der Waals surface area contributed by atoms with Crippen molar-refractivity contribution in [2.75, 3.05) is 44.5 Å². The van der Waals surface area contributed by atoms with Crippen LogP contribution in [-0.2, 0) is 12.6 Å². The van der Waals surface area contributed by atoms with E-state index in [9.17, 15) is 18.0 Å². The Labute approximate surface area is 213 Å². The lowest BCUT2D eigenvalue weighted by Crippen LogP contribution is -2.33. The lowest BCUT2D eigenvalue weighted by Gasteiger charge is -2.22. The van der Waals surface area contributed by atoms with Crippen molar-refractivity contribution in [1.29, 1.82) is 0 Å². The molecule has 1 unspecified atom stereocenters. The molecule has 0 saturated carbocycles. The third-order valence-electron chi connectivity index (χ3n) is 6.11. The van der Waals surface area contributed by atoms with E-state index in [0.29, 0.717) is 17.7 Å². The van der Waals surface area contributed by atoms with Gasteiger partial charge in [-0.25, -0.2) is 9.78 Å². The summed E-state index contributed by atoms with van der Waals surface area (Å²) in [5.74, 6) is 0.545. The Morgan fingerprint density at radius 1 is 1.16 bits per heavy atom. The van der Waals surface area contributed by atoms with Gasteiger partial charge in [-0.1, -0.05) is 30.3 Å². The minimum absolute atomic E-state index is 0.174. The number of urea groups is 1. The molecule has 0 aliphatic carbocycles. The average molecular weight is 515 g/mol. The number of hydrogen-bond acceptors (Lipinski definition) is 5. The van der Waals surface area contributed by atoms with E-state index in [4.69, 9.17) is 9.47 Å². The lowest BCUT2D eigenvalue weighted by atomic mass is 10.1. The molecule has 0 spiro atoms. The van der Waals surface area contributed by atoms with E-state index in [1.165, 1.54) is 24.3 Å². The summed E-state index contributed by atoms with van der Waals surface area (Å²) in [6.45, 7) is 1.08. The highest BCUT2D eigenvalue weighted by atomic mass is 19.4. The number of nitrogens with zero attached hydrogens (tertiary/aromatic N) is 3. The number of ether oxygens (including phenoxy) is 2. The lowest BCUT2D eigenvalue weighted by molar-refractivity contribution is -0.138. The van der Waals surface area contributed by atoms with E-state index in [1.807, 2.05) is 44.4 Å². The predicted molar refractivity (Wildman–Crippen MR) is 135 cm³/mol. The second-order valence-corrected chi connectivity index (χ2v) is 9.00. The van der Waals surface area contributed by atoms with Crippen molar-refractivity contribution in [3.8, 4) is 11.5 Å². The molecule has 0 fully saturated rings. The zero-order chi connectivity index (χ0) is 26.6. The van der Waals surface area contributed by atoms with Crippen molar-refractivity contribution in [2.45, 2.75) is 25.1 Å². The zero-order valence-electron chi connectivity index (χ0n) is 20.9. The Morgan fingerprint density at radius 2 is 1.92 bits per heavy atom. The number of rotatable bonds is 8. The number of nitrogens with one attached hydrogen (secondary N) is 1. The number of aromatic nitrogens is 1. The van der Waals surface area contributed by atoms with Crippen LogP contribution >= 0.6 is 0 Å². The van der Waals surface area contributed by atoms with Gasteiger partial charge in [0.05, 0.1) is 18.9 Å². The van der Waals surface area contributed by atoms with Gasteiger partial charge in [0.15, 0.2) is 0 Å². The summed E-state index contributed by atoms with van der Waals surface area (Å²) < 4.78 is 51.6. The summed E-state index contributed by atoms with van der Waals surface area (Å²) in [6, 6.07) is 14.9. The van der Waals surface area contributed by atoms with Crippen LogP contribution in [0.1, 0.15) is 29.2 Å². The topological polar surface area (TPSA) is 66.9 Å². The smallest absolute Gasteiger partial charge is 0.420 e. The van der Waals surface area contributed by atoms with Gasteiger partial charge in [0.2, 0.25) is 0 Å². The van der Waals surface area contributed by atoms with E-state index in [-0.39, 0.29) is 29.9 Å². The van der Waals surface area contributed by atoms with Gasteiger partial charge in [-0.05, 0) is 55.9 Å². The molecule has 0 radical (unpaired) electrons. The van der Waals surface area contributed by atoms with Crippen LogP contribution in [-0.4, -0.2) is 50.2 Å². The van der Waals surface area contributed by atoms with Crippen LogP contribution < -0.4 is 19.7 Å². The quantitative estimate of drug-likeness (QED) is 0.413. The Morgan fingerprint density at radius 3 is 2.54 bits per heavy atom. The normalized spacial score (nSPS) is 13.9. The van der Waals surface area contributed by atoms with E-state index in [1.54, 1.807) is 12.1 Å². The molecule has 2 amide bonds. The molecule has 37 heavy (non-hydrogen) atoms. The first-order valence-electron chi connectivity index (χ1n) is 11.8. The van der Waals surface area contributed by atoms with Crippen molar-refractivity contribution in [3.63, 3.8) is 0 Å². The molecule has 1 aliphatic rings. The Balaban J connectivity index is 1.46. The number of halogens is 3. The molecular weight excluding hydrogens is 485 g/mol.